The molecular formula is C13H17N4O2S+. The molecule has 3 rings (SSSR count). The molecule has 2 N–H and O–H groups in total. The van der Waals surface area contributed by atoms with Crippen molar-refractivity contribution in [2.45, 2.75) is 43.0 Å². The Morgan fingerprint density at radius 1 is 1.50 bits per heavy atom. The zero-order chi connectivity index (χ0) is 13.9. The largest absolute Gasteiger partial charge is 0.332 e. The van der Waals surface area contributed by atoms with Gasteiger partial charge in [0.05, 0.1) is 12.1 Å². The lowest BCUT2D eigenvalue weighted by Gasteiger charge is -2.16. The van der Waals surface area contributed by atoms with Gasteiger partial charge in [-0.2, -0.15) is 16.7 Å². The topological polar surface area (TPSA) is 73.8 Å². The highest BCUT2D eigenvalue weighted by Crippen LogP contribution is 2.33. The van der Waals surface area contributed by atoms with E-state index in [4.69, 9.17) is 0 Å². The van der Waals surface area contributed by atoms with Gasteiger partial charge in [-0.3, -0.25) is 4.79 Å². The molecule has 0 saturated carbocycles. The van der Waals surface area contributed by atoms with Crippen LogP contribution in [-0.2, 0) is 4.79 Å². The monoisotopic (exact) mass is 293 g/mol. The van der Waals surface area contributed by atoms with Crippen molar-refractivity contribution >= 4 is 30.0 Å². The highest BCUT2D eigenvalue weighted by atomic mass is 32.2. The average Bonchev–Trinajstić information content (AvgIpc) is 3.11. The van der Waals surface area contributed by atoms with Gasteiger partial charge < -0.3 is 10.6 Å². The Hall–Kier alpha value is -1.59. The Kier molecular flexibility index (Phi) is 3.89. The van der Waals surface area contributed by atoms with Crippen molar-refractivity contribution < 1.29 is 9.59 Å². The van der Waals surface area contributed by atoms with Crippen LogP contribution in [0.1, 0.15) is 25.7 Å². The number of fused-ring (bicyclic) bond motifs is 1. The van der Waals surface area contributed by atoms with Crippen LogP contribution in [0.5, 0.6) is 0 Å². The zero-order valence-electron chi connectivity index (χ0n) is 11.0. The summed E-state index contributed by atoms with van der Waals surface area (Å²) in [6, 6.07) is 0.490. The first-order chi connectivity index (χ1) is 9.74. The molecule has 7 heteroatoms. The summed E-state index contributed by atoms with van der Waals surface area (Å²) in [4.78, 5) is 28.2. The molecule has 2 saturated heterocycles. The summed E-state index contributed by atoms with van der Waals surface area (Å²) in [5.74, 6) is 1.05. The van der Waals surface area contributed by atoms with E-state index < -0.39 is 0 Å². The minimum absolute atomic E-state index is 0.0446. The molecule has 106 valence electrons. The van der Waals surface area contributed by atoms with E-state index in [0.717, 1.165) is 25.0 Å². The summed E-state index contributed by atoms with van der Waals surface area (Å²) < 4.78 is 0. The number of thioether (sulfide) groups is 1. The van der Waals surface area contributed by atoms with Crippen LogP contribution in [0.2, 0.25) is 0 Å². The second-order valence-electron chi connectivity index (χ2n) is 5.17. The number of nitrogens with one attached hydrogen (secondary N) is 2. The molecule has 0 bridgehead atoms. The molecule has 0 unspecified atom stereocenters. The van der Waals surface area contributed by atoms with Crippen molar-refractivity contribution in [3.63, 3.8) is 0 Å². The number of amides is 3. The van der Waals surface area contributed by atoms with Gasteiger partial charge in [-0.15, -0.1) is 0 Å². The number of unbranched alkanes of at least 4 members (excludes halogenated alkanes) is 1. The molecule has 6 nitrogen and oxygen atoms in total. The van der Waals surface area contributed by atoms with Crippen LogP contribution >= 0.6 is 11.8 Å². The first kappa shape index (κ1) is 13.4. The van der Waals surface area contributed by atoms with Crippen molar-refractivity contribution in [3.8, 4) is 0 Å². The first-order valence-electron chi connectivity index (χ1n) is 6.86. The van der Waals surface area contributed by atoms with Gasteiger partial charge in [-0.1, -0.05) is 6.42 Å². The highest BCUT2D eigenvalue weighted by molar-refractivity contribution is 8.00. The SMILES string of the molecule is O=C1N[C@H]2[C@H](CS[C@H]2CCCCC(=O)N2C=[C+]N=C2)N1. The summed E-state index contributed by atoms with van der Waals surface area (Å²) in [5.41, 5.74) is 0. The number of nitrogens with zero attached hydrogens (tertiary/aromatic N) is 2. The van der Waals surface area contributed by atoms with Crippen molar-refractivity contribution in [3.05, 3.63) is 12.4 Å². The Bertz CT molecular complexity index is 453. The molecule has 2 fully saturated rings. The quantitative estimate of drug-likeness (QED) is 0.448. The summed E-state index contributed by atoms with van der Waals surface area (Å²) in [6.45, 7) is 0. The van der Waals surface area contributed by atoms with Crippen molar-refractivity contribution in [2.75, 3.05) is 5.75 Å². The summed E-state index contributed by atoms with van der Waals surface area (Å²) in [5, 5.41) is 6.39. The van der Waals surface area contributed by atoms with E-state index in [2.05, 4.69) is 21.8 Å². The molecule has 0 aromatic carbocycles. The molecule has 0 aliphatic carbocycles. The third kappa shape index (κ3) is 2.78. The van der Waals surface area contributed by atoms with Crippen LogP contribution in [0, 0.1) is 6.20 Å². The fraction of sp³-hybridized carbons (Fsp3) is 0.615. The standard InChI is InChI=1S/C13H16N4O2S/c18-11(17-6-5-14-8-17)4-2-1-3-10-12-9(7-20-10)15-13(19)16-12/h6,8-10,12H,1-4,7H2,(H-,15,16,19)/p+1/t9-,10-,12-/m0/s1. The van der Waals surface area contributed by atoms with E-state index in [0.29, 0.717) is 11.7 Å². The number of carbonyl (C=O) groups excluding carboxylic acids is 2. The molecule has 0 aromatic rings. The van der Waals surface area contributed by atoms with Crippen molar-refractivity contribution in [1.29, 1.82) is 0 Å². The molecule has 0 aromatic heterocycles. The maximum absolute atomic E-state index is 11.8. The maximum Gasteiger partial charge on any atom is 0.315 e. The molecule has 3 amide bonds. The number of hydrogen-bond acceptors (Lipinski definition) is 4. The number of rotatable bonds is 5. The molecule has 3 aliphatic heterocycles. The third-order valence-electron chi connectivity index (χ3n) is 3.81. The smallest absolute Gasteiger partial charge is 0.315 e. The van der Waals surface area contributed by atoms with Crippen molar-refractivity contribution in [2.24, 2.45) is 4.99 Å². The zero-order valence-corrected chi connectivity index (χ0v) is 11.9. The second-order valence-corrected chi connectivity index (χ2v) is 6.44. The minimum atomic E-state index is -0.0446. The van der Waals surface area contributed by atoms with Gasteiger partial charge in [0.1, 0.15) is 0 Å². The molecular weight excluding hydrogens is 276 g/mol. The summed E-state index contributed by atoms with van der Waals surface area (Å²) in [7, 11) is 0. The predicted molar refractivity (Wildman–Crippen MR) is 77.1 cm³/mol. The van der Waals surface area contributed by atoms with Gasteiger partial charge in [0.25, 0.3) is 12.2 Å². The van der Waals surface area contributed by atoms with Crippen LogP contribution in [0.25, 0.3) is 0 Å². The van der Waals surface area contributed by atoms with Crippen LogP contribution in [0.3, 0.4) is 0 Å². The Morgan fingerprint density at radius 2 is 2.40 bits per heavy atom. The van der Waals surface area contributed by atoms with E-state index >= 15 is 0 Å². The fourth-order valence-electron chi connectivity index (χ4n) is 2.75. The van der Waals surface area contributed by atoms with E-state index in [9.17, 15) is 9.59 Å². The number of hydrogen-bond donors (Lipinski definition) is 2. The van der Waals surface area contributed by atoms with Gasteiger partial charge in [-0.25, -0.2) is 4.79 Å². The lowest BCUT2D eigenvalue weighted by atomic mass is 10.0. The second kappa shape index (κ2) is 5.81. The van der Waals surface area contributed by atoms with E-state index in [1.165, 1.54) is 11.2 Å². The van der Waals surface area contributed by atoms with Crippen molar-refractivity contribution in [1.82, 2.24) is 15.5 Å². The number of urea groups is 1. The lowest BCUT2D eigenvalue weighted by Crippen LogP contribution is -2.36. The predicted octanol–water partition coefficient (Wildman–Crippen LogP) is 0.857. The van der Waals surface area contributed by atoms with E-state index in [1.807, 2.05) is 11.8 Å². The number of carbonyl (C=O) groups is 2. The third-order valence-corrected chi connectivity index (χ3v) is 5.32. The molecule has 0 spiro atoms. The molecule has 3 aliphatic rings. The molecule has 3 atom stereocenters. The highest BCUT2D eigenvalue weighted by Gasteiger charge is 2.42. The van der Waals surface area contributed by atoms with Crippen LogP contribution in [0.4, 0.5) is 4.79 Å². The van der Waals surface area contributed by atoms with Crippen LogP contribution in [-0.4, -0.2) is 46.3 Å². The Labute approximate surface area is 122 Å². The van der Waals surface area contributed by atoms with Gasteiger partial charge in [0.2, 0.25) is 12.4 Å². The summed E-state index contributed by atoms with van der Waals surface area (Å²) in [6.07, 6.45) is 9.09. The first-order valence-corrected chi connectivity index (χ1v) is 7.91. The molecule has 3 heterocycles. The van der Waals surface area contributed by atoms with Gasteiger partial charge in [0.15, 0.2) is 0 Å². The fourth-order valence-corrected chi connectivity index (χ4v) is 4.30. The minimum Gasteiger partial charge on any atom is -0.332 e. The van der Waals surface area contributed by atoms with E-state index in [-0.39, 0.29) is 24.0 Å². The molecule has 20 heavy (non-hydrogen) atoms. The van der Waals surface area contributed by atoms with Crippen LogP contribution in [0.15, 0.2) is 11.2 Å². The van der Waals surface area contributed by atoms with Gasteiger partial charge in [-0.05, 0) is 12.8 Å². The average molecular weight is 293 g/mol. The normalized spacial score (nSPS) is 30.1. The molecule has 0 radical (unpaired) electrons. The Morgan fingerprint density at radius 3 is 3.20 bits per heavy atom. The van der Waals surface area contributed by atoms with E-state index in [1.54, 1.807) is 6.20 Å². The lowest BCUT2D eigenvalue weighted by molar-refractivity contribution is -0.125. The maximum atomic E-state index is 11.8. The van der Waals surface area contributed by atoms with Crippen LogP contribution < -0.4 is 10.6 Å². The summed E-state index contributed by atoms with van der Waals surface area (Å²) >= 11 is 1.91. The van der Waals surface area contributed by atoms with Gasteiger partial charge >= 0.3 is 6.03 Å². The number of aliphatic imine (C=N–C) groups is 1. The Balaban J connectivity index is 1.36. The van der Waals surface area contributed by atoms with Gasteiger partial charge in [0, 0.05) is 22.4 Å².